The standard InChI is InChI=1S/C10H15N3O2/c1-12-6-4-9(14)13(10(12)15)7-8-3-2-5-11-8/h4,6,8,11H,2-3,5,7H2,1H3. The predicted octanol–water partition coefficient (Wildman–Crippen LogP) is -0.701. The van der Waals surface area contributed by atoms with Crippen molar-refractivity contribution in [3.8, 4) is 0 Å². The number of rotatable bonds is 2. The minimum Gasteiger partial charge on any atom is -0.312 e. The molecule has 1 N–H and O–H groups in total. The van der Waals surface area contributed by atoms with Crippen LogP contribution in [0.15, 0.2) is 21.9 Å². The zero-order valence-corrected chi connectivity index (χ0v) is 8.77. The first-order valence-electron chi connectivity index (χ1n) is 5.18. The predicted molar refractivity (Wildman–Crippen MR) is 57.0 cm³/mol. The molecule has 1 aliphatic rings. The molecule has 1 unspecified atom stereocenters. The van der Waals surface area contributed by atoms with E-state index < -0.39 is 0 Å². The Morgan fingerprint density at radius 2 is 2.33 bits per heavy atom. The normalized spacial score (nSPS) is 20.7. The number of nitrogens with one attached hydrogen (secondary N) is 1. The summed E-state index contributed by atoms with van der Waals surface area (Å²) in [6.45, 7) is 1.46. The van der Waals surface area contributed by atoms with Gasteiger partial charge in [-0.05, 0) is 19.4 Å². The van der Waals surface area contributed by atoms with Gasteiger partial charge >= 0.3 is 5.69 Å². The van der Waals surface area contributed by atoms with Crippen molar-refractivity contribution >= 4 is 0 Å². The first kappa shape index (κ1) is 10.2. The molecule has 0 saturated carbocycles. The number of aryl methyl sites for hydroxylation is 1. The molecule has 0 aliphatic carbocycles. The van der Waals surface area contributed by atoms with Crippen molar-refractivity contribution in [1.82, 2.24) is 14.5 Å². The Kier molecular flexibility index (Phi) is 2.73. The summed E-state index contributed by atoms with van der Waals surface area (Å²) in [7, 11) is 1.65. The fourth-order valence-corrected chi connectivity index (χ4v) is 1.91. The highest BCUT2D eigenvalue weighted by molar-refractivity contribution is 4.87. The van der Waals surface area contributed by atoms with E-state index in [-0.39, 0.29) is 17.3 Å². The van der Waals surface area contributed by atoms with Crippen LogP contribution in [0.3, 0.4) is 0 Å². The van der Waals surface area contributed by atoms with E-state index in [4.69, 9.17) is 0 Å². The summed E-state index contributed by atoms with van der Waals surface area (Å²) >= 11 is 0. The molecule has 1 saturated heterocycles. The average molecular weight is 209 g/mol. The summed E-state index contributed by atoms with van der Waals surface area (Å²) in [6.07, 6.45) is 3.65. The molecule has 2 heterocycles. The maximum absolute atomic E-state index is 11.7. The highest BCUT2D eigenvalue weighted by atomic mass is 16.2. The Morgan fingerprint density at radius 3 is 3.00 bits per heavy atom. The van der Waals surface area contributed by atoms with Crippen molar-refractivity contribution in [2.75, 3.05) is 6.54 Å². The van der Waals surface area contributed by atoms with Crippen molar-refractivity contribution in [1.29, 1.82) is 0 Å². The lowest BCUT2D eigenvalue weighted by Crippen LogP contribution is -2.42. The summed E-state index contributed by atoms with van der Waals surface area (Å²) in [5, 5.41) is 3.27. The Labute approximate surface area is 87.3 Å². The molecule has 0 bridgehead atoms. The molecular formula is C10H15N3O2. The van der Waals surface area contributed by atoms with E-state index in [0.717, 1.165) is 19.4 Å². The Balaban J connectivity index is 2.30. The van der Waals surface area contributed by atoms with Gasteiger partial charge in [-0.25, -0.2) is 4.79 Å². The minimum absolute atomic E-state index is 0.216. The Bertz CT molecular complexity index is 454. The van der Waals surface area contributed by atoms with Crippen LogP contribution in [0.2, 0.25) is 0 Å². The van der Waals surface area contributed by atoms with Gasteiger partial charge in [0.15, 0.2) is 0 Å². The molecule has 1 aromatic heterocycles. The molecule has 15 heavy (non-hydrogen) atoms. The average Bonchev–Trinajstić information content (AvgIpc) is 2.71. The van der Waals surface area contributed by atoms with Crippen LogP contribution >= 0.6 is 0 Å². The Hall–Kier alpha value is -1.36. The summed E-state index contributed by atoms with van der Waals surface area (Å²) in [5.41, 5.74) is -0.456. The maximum atomic E-state index is 11.7. The second-order valence-corrected chi connectivity index (χ2v) is 3.95. The highest BCUT2D eigenvalue weighted by Gasteiger charge is 2.16. The fraction of sp³-hybridized carbons (Fsp3) is 0.600. The van der Waals surface area contributed by atoms with Gasteiger partial charge in [0.1, 0.15) is 0 Å². The third-order valence-electron chi connectivity index (χ3n) is 2.80. The van der Waals surface area contributed by atoms with Gasteiger partial charge in [-0.1, -0.05) is 0 Å². The van der Waals surface area contributed by atoms with Crippen LogP contribution in [0, 0.1) is 0 Å². The van der Waals surface area contributed by atoms with Crippen LogP contribution in [0.1, 0.15) is 12.8 Å². The van der Waals surface area contributed by atoms with Gasteiger partial charge in [-0.3, -0.25) is 9.36 Å². The third kappa shape index (κ3) is 2.02. The lowest BCUT2D eigenvalue weighted by Gasteiger charge is -2.12. The zero-order valence-electron chi connectivity index (χ0n) is 8.77. The zero-order chi connectivity index (χ0) is 10.8. The Morgan fingerprint density at radius 1 is 1.53 bits per heavy atom. The van der Waals surface area contributed by atoms with E-state index in [1.807, 2.05) is 0 Å². The molecule has 0 spiro atoms. The van der Waals surface area contributed by atoms with Crippen molar-refractivity contribution in [3.05, 3.63) is 33.1 Å². The van der Waals surface area contributed by atoms with Gasteiger partial charge in [0.05, 0.1) is 0 Å². The summed E-state index contributed by atoms with van der Waals surface area (Å²) in [5.74, 6) is 0. The largest absolute Gasteiger partial charge is 0.330 e. The first-order chi connectivity index (χ1) is 7.18. The molecule has 1 aromatic rings. The molecule has 0 amide bonds. The summed E-state index contributed by atoms with van der Waals surface area (Å²) in [6, 6.07) is 1.69. The van der Waals surface area contributed by atoms with Crippen LogP contribution in [0.4, 0.5) is 0 Å². The van der Waals surface area contributed by atoms with Gasteiger partial charge in [-0.15, -0.1) is 0 Å². The van der Waals surface area contributed by atoms with E-state index in [9.17, 15) is 9.59 Å². The SMILES string of the molecule is Cn1ccc(=O)n(CC2CCCN2)c1=O. The number of aromatic nitrogens is 2. The smallest absolute Gasteiger partial charge is 0.312 e. The number of hydrogen-bond donors (Lipinski definition) is 1. The van der Waals surface area contributed by atoms with Gasteiger partial charge in [0, 0.05) is 31.9 Å². The molecule has 1 aliphatic heterocycles. The van der Waals surface area contributed by atoms with Crippen LogP contribution in [-0.2, 0) is 13.6 Å². The van der Waals surface area contributed by atoms with Crippen LogP contribution in [0.5, 0.6) is 0 Å². The molecule has 5 nitrogen and oxygen atoms in total. The van der Waals surface area contributed by atoms with E-state index in [1.165, 1.54) is 21.4 Å². The van der Waals surface area contributed by atoms with Crippen molar-refractivity contribution in [2.45, 2.75) is 25.4 Å². The van der Waals surface area contributed by atoms with Crippen LogP contribution in [-0.4, -0.2) is 21.7 Å². The summed E-state index contributed by atoms with van der Waals surface area (Å²) < 4.78 is 2.72. The second kappa shape index (κ2) is 4.02. The van der Waals surface area contributed by atoms with Crippen molar-refractivity contribution in [3.63, 3.8) is 0 Å². The lowest BCUT2D eigenvalue weighted by atomic mass is 10.2. The van der Waals surface area contributed by atoms with E-state index in [0.29, 0.717) is 6.54 Å². The molecule has 5 heteroatoms. The fourth-order valence-electron chi connectivity index (χ4n) is 1.91. The number of nitrogens with zero attached hydrogens (tertiary/aromatic N) is 2. The molecule has 0 radical (unpaired) electrons. The minimum atomic E-state index is -0.240. The number of hydrogen-bond acceptors (Lipinski definition) is 3. The first-order valence-corrected chi connectivity index (χ1v) is 5.18. The van der Waals surface area contributed by atoms with Crippen molar-refractivity contribution in [2.24, 2.45) is 7.05 Å². The van der Waals surface area contributed by atoms with E-state index in [1.54, 1.807) is 7.05 Å². The van der Waals surface area contributed by atoms with E-state index in [2.05, 4.69) is 5.32 Å². The molecule has 82 valence electrons. The van der Waals surface area contributed by atoms with Gasteiger partial charge in [0.2, 0.25) is 0 Å². The van der Waals surface area contributed by atoms with E-state index >= 15 is 0 Å². The molecular weight excluding hydrogens is 194 g/mol. The van der Waals surface area contributed by atoms with Crippen LogP contribution < -0.4 is 16.6 Å². The lowest BCUT2D eigenvalue weighted by molar-refractivity contribution is 0.473. The summed E-state index contributed by atoms with van der Waals surface area (Å²) in [4.78, 5) is 23.2. The van der Waals surface area contributed by atoms with Gasteiger partial charge in [-0.2, -0.15) is 0 Å². The molecule has 2 rings (SSSR count). The quantitative estimate of drug-likeness (QED) is 0.700. The van der Waals surface area contributed by atoms with Crippen LogP contribution in [0.25, 0.3) is 0 Å². The monoisotopic (exact) mass is 209 g/mol. The molecule has 1 fully saturated rings. The molecule has 0 aromatic carbocycles. The van der Waals surface area contributed by atoms with Gasteiger partial charge < -0.3 is 9.88 Å². The topological polar surface area (TPSA) is 56.0 Å². The van der Waals surface area contributed by atoms with Gasteiger partial charge in [0.25, 0.3) is 5.56 Å². The maximum Gasteiger partial charge on any atom is 0.330 e. The second-order valence-electron chi connectivity index (χ2n) is 3.95. The van der Waals surface area contributed by atoms with Crippen molar-refractivity contribution < 1.29 is 0 Å². The highest BCUT2D eigenvalue weighted by Crippen LogP contribution is 2.05. The molecule has 1 atom stereocenters. The third-order valence-corrected chi connectivity index (χ3v) is 2.80.